The Balaban J connectivity index is 1.42. The molecule has 0 aliphatic rings. The summed E-state index contributed by atoms with van der Waals surface area (Å²) in [6, 6.07) is 11.9. The summed E-state index contributed by atoms with van der Waals surface area (Å²) >= 11 is 7.13. The minimum Gasteiger partial charge on any atom is -0.496 e. The van der Waals surface area contributed by atoms with Gasteiger partial charge in [-0.2, -0.15) is 0 Å². The van der Waals surface area contributed by atoms with Gasteiger partial charge in [-0.3, -0.25) is 30.0 Å². The molecule has 2 amide bonds. The van der Waals surface area contributed by atoms with Crippen LogP contribution < -0.4 is 15.6 Å². The van der Waals surface area contributed by atoms with E-state index in [1.165, 1.54) is 24.9 Å². The van der Waals surface area contributed by atoms with Crippen LogP contribution in [0.25, 0.3) is 11.4 Å². The van der Waals surface area contributed by atoms with Gasteiger partial charge in [-0.15, -0.1) is 10.2 Å². The normalized spacial score (nSPS) is 10.6. The molecule has 0 bridgehead atoms. The van der Waals surface area contributed by atoms with Crippen molar-refractivity contribution in [2.24, 2.45) is 0 Å². The molecule has 34 heavy (non-hydrogen) atoms. The lowest BCUT2D eigenvalue weighted by atomic mass is 10.2. The molecule has 0 radical (unpaired) electrons. The van der Waals surface area contributed by atoms with Crippen molar-refractivity contribution in [2.75, 3.05) is 12.9 Å². The molecule has 2 N–H and O–H groups in total. The zero-order chi connectivity index (χ0) is 23.9. The van der Waals surface area contributed by atoms with Gasteiger partial charge in [0.25, 0.3) is 5.91 Å². The number of methoxy groups -OCH3 is 1. The highest BCUT2D eigenvalue weighted by Crippen LogP contribution is 2.25. The van der Waals surface area contributed by atoms with E-state index in [0.29, 0.717) is 34.1 Å². The lowest BCUT2D eigenvalue weighted by molar-refractivity contribution is -0.119. The molecule has 3 heterocycles. The van der Waals surface area contributed by atoms with Crippen molar-refractivity contribution in [3.05, 3.63) is 77.5 Å². The van der Waals surface area contributed by atoms with E-state index in [1.807, 2.05) is 16.7 Å². The predicted octanol–water partition coefficient (Wildman–Crippen LogP) is 3.20. The fraction of sp³-hybridized carbons (Fsp3) is 0.136. The molecule has 0 atom stereocenters. The molecule has 12 heteroatoms. The molecule has 3 aromatic heterocycles. The van der Waals surface area contributed by atoms with E-state index in [-0.39, 0.29) is 11.3 Å². The van der Waals surface area contributed by atoms with Crippen LogP contribution >= 0.6 is 23.4 Å². The first-order chi connectivity index (χ1) is 16.5. The first kappa shape index (κ1) is 23.3. The molecule has 1 aromatic carbocycles. The first-order valence-electron chi connectivity index (χ1n) is 9.96. The Hall–Kier alpha value is -3.83. The van der Waals surface area contributed by atoms with Crippen LogP contribution in [0.5, 0.6) is 5.75 Å². The van der Waals surface area contributed by atoms with Crippen molar-refractivity contribution < 1.29 is 18.7 Å². The second kappa shape index (κ2) is 10.9. The third kappa shape index (κ3) is 5.56. The summed E-state index contributed by atoms with van der Waals surface area (Å²) in [4.78, 5) is 29.0. The topological polar surface area (TPSA) is 124 Å². The van der Waals surface area contributed by atoms with Crippen LogP contribution in [0, 0.1) is 0 Å². The summed E-state index contributed by atoms with van der Waals surface area (Å²) in [5, 5.41) is 9.37. The molecule has 0 unspecified atom stereocenters. The summed E-state index contributed by atoms with van der Waals surface area (Å²) in [5.74, 6) is 0.621. The van der Waals surface area contributed by atoms with E-state index in [9.17, 15) is 9.59 Å². The maximum Gasteiger partial charge on any atom is 0.273 e. The first-order valence-corrected chi connectivity index (χ1v) is 11.3. The standard InChI is InChI=1S/C22H19ClN6O4S/c1-32-18-7-6-15(23)10-17(18)21(31)27-25-19(30)13-34-22-28-26-20(14-4-2-8-24-11-14)29(22)12-16-5-3-9-33-16/h2-11H,12-13H2,1H3,(H,25,30)(H,27,31). The number of ether oxygens (including phenoxy) is 1. The minimum absolute atomic E-state index is 0.0176. The molecule has 0 saturated carbocycles. The molecule has 4 aromatic rings. The number of hydrazine groups is 1. The number of aromatic nitrogens is 4. The van der Waals surface area contributed by atoms with Crippen LogP contribution in [0.4, 0.5) is 0 Å². The highest BCUT2D eigenvalue weighted by molar-refractivity contribution is 7.99. The Bertz CT molecular complexity index is 1280. The third-order valence-corrected chi connectivity index (χ3v) is 5.79. The number of hydrogen-bond acceptors (Lipinski definition) is 8. The van der Waals surface area contributed by atoms with E-state index >= 15 is 0 Å². The molecule has 0 fully saturated rings. The number of furan rings is 1. The van der Waals surface area contributed by atoms with Crippen LogP contribution in [0.1, 0.15) is 16.1 Å². The zero-order valence-corrected chi connectivity index (χ0v) is 19.5. The van der Waals surface area contributed by atoms with E-state index in [0.717, 1.165) is 5.56 Å². The number of halogens is 1. The number of pyridine rings is 1. The predicted molar refractivity (Wildman–Crippen MR) is 125 cm³/mol. The second-order valence-corrected chi connectivity index (χ2v) is 8.23. The lowest BCUT2D eigenvalue weighted by Gasteiger charge is -2.11. The summed E-state index contributed by atoms with van der Waals surface area (Å²) < 4.78 is 12.5. The number of thioether (sulfide) groups is 1. The molecular formula is C22H19ClN6O4S. The van der Waals surface area contributed by atoms with Crippen molar-refractivity contribution >= 4 is 35.2 Å². The molecule has 0 spiro atoms. The molecule has 4 rings (SSSR count). The van der Waals surface area contributed by atoms with Crippen LogP contribution in [0.2, 0.25) is 5.02 Å². The SMILES string of the molecule is COc1ccc(Cl)cc1C(=O)NNC(=O)CSc1nnc(-c2cccnc2)n1Cc1ccco1. The second-order valence-electron chi connectivity index (χ2n) is 6.85. The highest BCUT2D eigenvalue weighted by Gasteiger charge is 2.18. The maximum atomic E-state index is 12.4. The maximum absolute atomic E-state index is 12.4. The number of nitrogens with one attached hydrogen (secondary N) is 2. The Morgan fingerprint density at radius 3 is 2.79 bits per heavy atom. The number of carbonyl (C=O) groups excluding carboxylic acids is 2. The van der Waals surface area contributed by atoms with Gasteiger partial charge in [-0.25, -0.2) is 0 Å². The minimum atomic E-state index is -0.558. The summed E-state index contributed by atoms with van der Waals surface area (Å²) in [5.41, 5.74) is 5.72. The number of amides is 2. The third-order valence-electron chi connectivity index (χ3n) is 4.58. The van der Waals surface area contributed by atoms with Crippen molar-refractivity contribution in [3.8, 4) is 17.1 Å². The van der Waals surface area contributed by atoms with E-state index in [1.54, 1.807) is 42.9 Å². The summed E-state index contributed by atoms with van der Waals surface area (Å²) in [6.45, 7) is 0.374. The summed E-state index contributed by atoms with van der Waals surface area (Å²) in [6.07, 6.45) is 4.94. The van der Waals surface area contributed by atoms with Crippen LogP contribution in [-0.2, 0) is 11.3 Å². The van der Waals surface area contributed by atoms with Gasteiger partial charge in [-0.1, -0.05) is 23.4 Å². The molecular weight excluding hydrogens is 480 g/mol. The quantitative estimate of drug-likeness (QED) is 0.280. The number of carbonyl (C=O) groups is 2. The Morgan fingerprint density at radius 1 is 1.18 bits per heavy atom. The fourth-order valence-electron chi connectivity index (χ4n) is 3.02. The largest absolute Gasteiger partial charge is 0.496 e. The van der Waals surface area contributed by atoms with Gasteiger partial charge in [0.2, 0.25) is 5.91 Å². The monoisotopic (exact) mass is 498 g/mol. The highest BCUT2D eigenvalue weighted by atomic mass is 35.5. The molecule has 174 valence electrons. The Morgan fingerprint density at radius 2 is 2.06 bits per heavy atom. The number of benzene rings is 1. The average molecular weight is 499 g/mol. The van der Waals surface area contributed by atoms with E-state index in [2.05, 4.69) is 26.0 Å². The van der Waals surface area contributed by atoms with Crippen LogP contribution in [0.15, 0.2) is 70.7 Å². The Kier molecular flexibility index (Phi) is 7.45. The van der Waals surface area contributed by atoms with Gasteiger partial charge in [0, 0.05) is 23.0 Å². The van der Waals surface area contributed by atoms with Gasteiger partial charge in [0.1, 0.15) is 11.5 Å². The number of hydrogen-bond donors (Lipinski definition) is 2. The molecule has 10 nitrogen and oxygen atoms in total. The Labute approximate surface area is 203 Å². The van der Waals surface area contributed by atoms with Crippen LogP contribution in [-0.4, -0.2) is 44.4 Å². The zero-order valence-electron chi connectivity index (χ0n) is 17.9. The number of rotatable bonds is 8. The van der Waals surface area contributed by atoms with Gasteiger partial charge in [0.05, 0.1) is 31.2 Å². The molecule has 0 aliphatic heterocycles. The van der Waals surface area contributed by atoms with Crippen molar-refractivity contribution in [2.45, 2.75) is 11.7 Å². The molecule has 0 saturated heterocycles. The molecule has 0 aliphatic carbocycles. The van der Waals surface area contributed by atoms with Gasteiger partial charge < -0.3 is 9.15 Å². The van der Waals surface area contributed by atoms with Gasteiger partial charge in [-0.05, 0) is 42.5 Å². The summed E-state index contributed by atoms with van der Waals surface area (Å²) in [7, 11) is 1.44. The van der Waals surface area contributed by atoms with Gasteiger partial charge >= 0.3 is 0 Å². The van der Waals surface area contributed by atoms with Gasteiger partial charge in [0.15, 0.2) is 11.0 Å². The van der Waals surface area contributed by atoms with Crippen LogP contribution in [0.3, 0.4) is 0 Å². The van der Waals surface area contributed by atoms with E-state index in [4.69, 9.17) is 20.8 Å². The lowest BCUT2D eigenvalue weighted by Crippen LogP contribution is -2.42. The van der Waals surface area contributed by atoms with Crippen molar-refractivity contribution in [1.29, 1.82) is 0 Å². The smallest absolute Gasteiger partial charge is 0.273 e. The van der Waals surface area contributed by atoms with Crippen molar-refractivity contribution in [1.82, 2.24) is 30.6 Å². The number of nitrogens with zero attached hydrogens (tertiary/aromatic N) is 4. The fourth-order valence-corrected chi connectivity index (χ4v) is 3.93. The van der Waals surface area contributed by atoms with Crippen molar-refractivity contribution in [3.63, 3.8) is 0 Å². The average Bonchev–Trinajstić information content (AvgIpc) is 3.52. The van der Waals surface area contributed by atoms with E-state index < -0.39 is 11.8 Å².